The van der Waals surface area contributed by atoms with Gasteiger partial charge >= 0.3 is 0 Å². The molecule has 0 bridgehead atoms. The molecule has 0 atom stereocenters. The third-order valence-electron chi connectivity index (χ3n) is 4.10. The summed E-state index contributed by atoms with van der Waals surface area (Å²) in [5.41, 5.74) is 10.5. The first kappa shape index (κ1) is 15.3. The van der Waals surface area contributed by atoms with Gasteiger partial charge in [-0.3, -0.25) is 0 Å². The number of aryl methyl sites for hydroxylation is 1. The van der Waals surface area contributed by atoms with Gasteiger partial charge in [0.05, 0.1) is 5.69 Å². The van der Waals surface area contributed by atoms with E-state index in [0.717, 1.165) is 11.3 Å². The molecule has 2 N–H and O–H groups in total. The molecule has 2 aromatic carbocycles. The van der Waals surface area contributed by atoms with Gasteiger partial charge in [-0.1, -0.05) is 35.9 Å². The Balaban J connectivity index is 1.65. The number of nitrogens with two attached hydrogens (primary N) is 1. The number of hydrogen-bond acceptors (Lipinski definition) is 2. The summed E-state index contributed by atoms with van der Waals surface area (Å²) < 4.78 is 0. The van der Waals surface area contributed by atoms with E-state index in [9.17, 15) is 0 Å². The normalized spacial score (nSPS) is 15.5. The highest BCUT2D eigenvalue weighted by molar-refractivity contribution is 5.96. The van der Waals surface area contributed by atoms with Crippen LogP contribution in [-0.4, -0.2) is 18.9 Å². The van der Waals surface area contributed by atoms with Crippen LogP contribution in [0.1, 0.15) is 24.0 Å². The average Bonchev–Trinajstić information content (AvgIpc) is 3.10. The van der Waals surface area contributed by atoms with Gasteiger partial charge in [-0.05, 0) is 55.7 Å². The van der Waals surface area contributed by atoms with Gasteiger partial charge in [-0.2, -0.15) is 0 Å². The Morgan fingerprint density at radius 1 is 1.00 bits per heavy atom. The quantitative estimate of drug-likeness (QED) is 0.676. The van der Waals surface area contributed by atoms with E-state index >= 15 is 0 Å². The molecule has 1 aliphatic rings. The van der Waals surface area contributed by atoms with E-state index < -0.39 is 0 Å². The summed E-state index contributed by atoms with van der Waals surface area (Å²) in [5.74, 6) is 0.512. The summed E-state index contributed by atoms with van der Waals surface area (Å²) in [6.07, 6.45) is 6.45. The lowest BCUT2D eigenvalue weighted by Crippen LogP contribution is -2.17. The number of anilines is 1. The number of benzene rings is 2. The second-order valence-corrected chi connectivity index (χ2v) is 5.99. The molecule has 3 heteroatoms. The molecule has 3 rings (SSSR count). The topological polar surface area (TPSA) is 41.6 Å². The Morgan fingerprint density at radius 2 is 1.65 bits per heavy atom. The van der Waals surface area contributed by atoms with Crippen molar-refractivity contribution in [1.29, 1.82) is 0 Å². The number of hydrogen-bond donors (Lipinski definition) is 1. The zero-order chi connectivity index (χ0) is 16.1. The molecule has 0 radical (unpaired) electrons. The summed E-state index contributed by atoms with van der Waals surface area (Å²) in [5, 5.41) is 0. The summed E-state index contributed by atoms with van der Waals surface area (Å²) in [6.45, 7) is 4.40. The van der Waals surface area contributed by atoms with Crippen LogP contribution in [0.2, 0.25) is 0 Å². The molecule has 0 aromatic heterocycles. The summed E-state index contributed by atoms with van der Waals surface area (Å²) in [4.78, 5) is 6.83. The Hall–Kier alpha value is -2.55. The zero-order valence-corrected chi connectivity index (χ0v) is 13.6. The van der Waals surface area contributed by atoms with Gasteiger partial charge in [0.2, 0.25) is 0 Å². The minimum absolute atomic E-state index is 0.512. The largest absolute Gasteiger partial charge is 0.384 e. The fraction of sp³-hybridized carbons (Fsp3) is 0.250. The van der Waals surface area contributed by atoms with Crippen LogP contribution in [0.15, 0.2) is 59.6 Å². The second kappa shape index (κ2) is 7.14. The molecule has 1 heterocycles. The van der Waals surface area contributed by atoms with Crippen LogP contribution in [0.25, 0.3) is 6.08 Å². The molecule has 0 spiro atoms. The number of nitrogens with zero attached hydrogens (tertiary/aromatic N) is 2. The van der Waals surface area contributed by atoms with Gasteiger partial charge < -0.3 is 10.6 Å². The molecule has 0 unspecified atom stereocenters. The zero-order valence-electron chi connectivity index (χ0n) is 13.6. The number of amidine groups is 1. The Labute approximate surface area is 138 Å². The summed E-state index contributed by atoms with van der Waals surface area (Å²) in [6, 6.07) is 16.6. The maximum absolute atomic E-state index is 5.98. The summed E-state index contributed by atoms with van der Waals surface area (Å²) in [7, 11) is 0. The van der Waals surface area contributed by atoms with Gasteiger partial charge in [-0.15, -0.1) is 0 Å². The maximum atomic E-state index is 5.98. The molecule has 0 amide bonds. The highest BCUT2D eigenvalue weighted by Gasteiger charge is 2.11. The fourth-order valence-electron chi connectivity index (χ4n) is 2.76. The van der Waals surface area contributed by atoms with Crippen molar-refractivity contribution < 1.29 is 0 Å². The van der Waals surface area contributed by atoms with Crippen molar-refractivity contribution in [3.8, 4) is 0 Å². The molecular formula is C20H23N3. The molecular weight excluding hydrogens is 282 g/mol. The van der Waals surface area contributed by atoms with E-state index in [1.807, 2.05) is 36.4 Å². The standard InChI is InChI=1S/C20H23N3/c1-16-4-9-18(10-5-16)22-20(21)13-8-17-6-11-19(12-7-17)23-14-2-3-15-23/h4-13H,2-3,14-15H2,1H3,(H2,21,22)/b13-8+. The molecule has 118 valence electrons. The van der Waals surface area contributed by atoms with Crippen LogP contribution >= 0.6 is 0 Å². The Bertz CT molecular complexity index is 691. The second-order valence-electron chi connectivity index (χ2n) is 5.99. The minimum Gasteiger partial charge on any atom is -0.384 e. The molecule has 1 fully saturated rings. The van der Waals surface area contributed by atoms with E-state index in [1.54, 1.807) is 0 Å². The van der Waals surface area contributed by atoms with E-state index in [1.165, 1.54) is 37.2 Å². The molecule has 2 aromatic rings. The van der Waals surface area contributed by atoms with Gasteiger partial charge in [0.25, 0.3) is 0 Å². The van der Waals surface area contributed by atoms with Crippen LogP contribution < -0.4 is 10.6 Å². The van der Waals surface area contributed by atoms with Gasteiger partial charge in [0, 0.05) is 18.8 Å². The molecule has 3 nitrogen and oxygen atoms in total. The predicted octanol–water partition coefficient (Wildman–Crippen LogP) is 4.30. The maximum Gasteiger partial charge on any atom is 0.124 e. The minimum atomic E-state index is 0.512. The van der Waals surface area contributed by atoms with E-state index in [4.69, 9.17) is 5.73 Å². The smallest absolute Gasteiger partial charge is 0.124 e. The van der Waals surface area contributed by atoms with Crippen molar-refractivity contribution >= 4 is 23.3 Å². The van der Waals surface area contributed by atoms with Crippen molar-refractivity contribution in [2.45, 2.75) is 19.8 Å². The Morgan fingerprint density at radius 3 is 2.30 bits per heavy atom. The lowest BCUT2D eigenvalue weighted by atomic mass is 10.2. The van der Waals surface area contributed by atoms with E-state index in [-0.39, 0.29) is 0 Å². The number of rotatable bonds is 4. The molecule has 23 heavy (non-hydrogen) atoms. The summed E-state index contributed by atoms with van der Waals surface area (Å²) >= 11 is 0. The van der Waals surface area contributed by atoms with Crippen LogP contribution in [0.5, 0.6) is 0 Å². The molecule has 1 aliphatic heterocycles. The van der Waals surface area contributed by atoms with Crippen LogP contribution in [-0.2, 0) is 0 Å². The first-order valence-electron chi connectivity index (χ1n) is 8.15. The SMILES string of the molecule is Cc1ccc(N=C(N)/C=C/c2ccc(N3CCCC3)cc2)cc1. The average molecular weight is 305 g/mol. The van der Waals surface area contributed by atoms with Gasteiger partial charge in [-0.25, -0.2) is 4.99 Å². The predicted molar refractivity (Wildman–Crippen MR) is 99.4 cm³/mol. The lowest BCUT2D eigenvalue weighted by molar-refractivity contribution is 0.949. The highest BCUT2D eigenvalue weighted by Crippen LogP contribution is 2.20. The third kappa shape index (κ3) is 4.22. The third-order valence-corrected chi connectivity index (χ3v) is 4.10. The number of aliphatic imine (C=N–C) groups is 1. The van der Waals surface area contributed by atoms with E-state index in [2.05, 4.69) is 41.1 Å². The van der Waals surface area contributed by atoms with Gasteiger partial charge in [0.15, 0.2) is 0 Å². The van der Waals surface area contributed by atoms with Crippen molar-refractivity contribution in [3.05, 3.63) is 65.7 Å². The van der Waals surface area contributed by atoms with E-state index in [0.29, 0.717) is 5.84 Å². The van der Waals surface area contributed by atoms with Crippen molar-refractivity contribution in [2.75, 3.05) is 18.0 Å². The molecule has 1 saturated heterocycles. The van der Waals surface area contributed by atoms with Crippen LogP contribution in [0.3, 0.4) is 0 Å². The monoisotopic (exact) mass is 305 g/mol. The van der Waals surface area contributed by atoms with Crippen LogP contribution in [0.4, 0.5) is 11.4 Å². The molecule has 0 saturated carbocycles. The van der Waals surface area contributed by atoms with Crippen molar-refractivity contribution in [3.63, 3.8) is 0 Å². The lowest BCUT2D eigenvalue weighted by Gasteiger charge is -2.17. The first-order chi connectivity index (χ1) is 11.2. The van der Waals surface area contributed by atoms with Crippen LogP contribution in [0, 0.1) is 6.92 Å². The Kier molecular flexibility index (Phi) is 4.77. The van der Waals surface area contributed by atoms with Gasteiger partial charge in [0.1, 0.15) is 5.84 Å². The van der Waals surface area contributed by atoms with Crippen molar-refractivity contribution in [2.24, 2.45) is 10.7 Å². The fourth-order valence-corrected chi connectivity index (χ4v) is 2.76. The van der Waals surface area contributed by atoms with Crippen molar-refractivity contribution in [1.82, 2.24) is 0 Å². The highest BCUT2D eigenvalue weighted by atomic mass is 15.1. The molecule has 0 aliphatic carbocycles. The first-order valence-corrected chi connectivity index (χ1v) is 8.15.